The van der Waals surface area contributed by atoms with Gasteiger partial charge in [-0.25, -0.2) is 17.8 Å². The Morgan fingerprint density at radius 3 is 2.32 bits per heavy atom. The smallest absolute Gasteiger partial charge is 0.243 e. The van der Waals surface area contributed by atoms with Crippen LogP contribution in [0, 0.1) is 12.7 Å². The second kappa shape index (κ2) is 6.93. The molecule has 1 saturated heterocycles. The summed E-state index contributed by atoms with van der Waals surface area (Å²) in [5, 5.41) is 2.92. The summed E-state index contributed by atoms with van der Waals surface area (Å²) in [6.45, 7) is 3.64. The first-order chi connectivity index (χ1) is 11.9. The third-order valence-corrected chi connectivity index (χ3v) is 5.99. The van der Waals surface area contributed by atoms with E-state index in [4.69, 9.17) is 0 Å². The maximum absolute atomic E-state index is 13.0. The van der Waals surface area contributed by atoms with Crippen LogP contribution in [0.4, 0.5) is 16.2 Å². The number of nitrogens with one attached hydrogen (secondary N) is 1. The van der Waals surface area contributed by atoms with Crippen molar-refractivity contribution >= 4 is 21.8 Å². The average molecular weight is 365 g/mol. The molecule has 2 aromatic rings. The number of halogens is 1. The van der Waals surface area contributed by atoms with Crippen molar-refractivity contribution in [1.82, 2.24) is 14.3 Å². The largest absolute Gasteiger partial charge is 0.357 e. The van der Waals surface area contributed by atoms with Gasteiger partial charge in [-0.05, 0) is 31.2 Å². The molecule has 0 aliphatic carbocycles. The molecule has 0 bridgehead atoms. The number of rotatable bonds is 4. The van der Waals surface area contributed by atoms with Crippen LogP contribution in [0.5, 0.6) is 0 Å². The number of aromatic nitrogens is 2. The van der Waals surface area contributed by atoms with Gasteiger partial charge in [-0.1, -0.05) is 0 Å². The lowest BCUT2D eigenvalue weighted by Gasteiger charge is -2.34. The molecule has 0 unspecified atom stereocenters. The van der Waals surface area contributed by atoms with Crippen molar-refractivity contribution in [3.8, 4) is 0 Å². The van der Waals surface area contributed by atoms with E-state index in [0.29, 0.717) is 32.1 Å². The maximum Gasteiger partial charge on any atom is 0.243 e. The fraction of sp³-hybridized carbons (Fsp3) is 0.375. The summed E-state index contributed by atoms with van der Waals surface area (Å²) in [5.41, 5.74) is 0.843. The van der Waals surface area contributed by atoms with E-state index in [9.17, 15) is 12.8 Å². The summed E-state index contributed by atoms with van der Waals surface area (Å²) in [6.07, 6.45) is 0. The fourth-order valence-electron chi connectivity index (χ4n) is 2.74. The second-order valence-electron chi connectivity index (χ2n) is 5.79. The minimum atomic E-state index is -3.61. The van der Waals surface area contributed by atoms with Crippen molar-refractivity contribution in [1.29, 1.82) is 0 Å². The molecule has 0 amide bonds. The highest BCUT2D eigenvalue weighted by Crippen LogP contribution is 2.21. The topological polar surface area (TPSA) is 78.4 Å². The van der Waals surface area contributed by atoms with Crippen molar-refractivity contribution in [3.63, 3.8) is 0 Å². The van der Waals surface area contributed by atoms with Crippen LogP contribution in [-0.4, -0.2) is 55.9 Å². The fourth-order valence-corrected chi connectivity index (χ4v) is 4.16. The van der Waals surface area contributed by atoms with Gasteiger partial charge in [0.25, 0.3) is 0 Å². The van der Waals surface area contributed by atoms with Gasteiger partial charge in [-0.3, -0.25) is 0 Å². The molecule has 1 aliphatic rings. The Bertz CT molecular complexity index is 849. The first-order valence-corrected chi connectivity index (χ1v) is 9.38. The summed E-state index contributed by atoms with van der Waals surface area (Å²) >= 11 is 0. The summed E-state index contributed by atoms with van der Waals surface area (Å²) < 4.78 is 39.7. The van der Waals surface area contributed by atoms with Crippen molar-refractivity contribution in [2.24, 2.45) is 0 Å². The Morgan fingerprint density at radius 1 is 1.08 bits per heavy atom. The quantitative estimate of drug-likeness (QED) is 0.884. The van der Waals surface area contributed by atoms with Crippen LogP contribution in [0.25, 0.3) is 0 Å². The highest BCUT2D eigenvalue weighted by molar-refractivity contribution is 7.89. The number of benzene rings is 1. The molecular formula is C16H20FN5O2S. The predicted octanol–water partition coefficient (Wildman–Crippen LogP) is 1.48. The van der Waals surface area contributed by atoms with Crippen LogP contribution in [0.3, 0.4) is 0 Å². The molecular weight excluding hydrogens is 345 g/mol. The number of hydrogen-bond donors (Lipinski definition) is 1. The van der Waals surface area contributed by atoms with Crippen molar-refractivity contribution in [2.45, 2.75) is 11.8 Å². The molecule has 2 heterocycles. The van der Waals surface area contributed by atoms with Crippen molar-refractivity contribution in [3.05, 3.63) is 41.8 Å². The van der Waals surface area contributed by atoms with Gasteiger partial charge in [0.05, 0.1) is 4.90 Å². The Balaban J connectivity index is 1.73. The lowest BCUT2D eigenvalue weighted by Crippen LogP contribution is -2.49. The molecule has 25 heavy (non-hydrogen) atoms. The summed E-state index contributed by atoms with van der Waals surface area (Å²) in [5.74, 6) is 0.857. The highest BCUT2D eigenvalue weighted by atomic mass is 32.2. The van der Waals surface area contributed by atoms with Crippen LogP contribution >= 0.6 is 0 Å². The van der Waals surface area contributed by atoms with E-state index >= 15 is 0 Å². The number of anilines is 2. The Labute approximate surface area is 146 Å². The van der Waals surface area contributed by atoms with Gasteiger partial charge in [-0.2, -0.15) is 9.29 Å². The summed E-state index contributed by atoms with van der Waals surface area (Å²) in [7, 11) is -1.85. The lowest BCUT2D eigenvalue weighted by molar-refractivity contribution is 0.383. The number of aryl methyl sites for hydroxylation is 1. The molecule has 0 atom stereocenters. The SMILES string of the molecule is CNc1nc(C)cc(N2CCN(S(=O)(=O)c3ccc(F)cc3)CC2)n1. The lowest BCUT2D eigenvalue weighted by atomic mass is 10.3. The minimum Gasteiger partial charge on any atom is -0.357 e. The molecule has 0 saturated carbocycles. The molecule has 1 fully saturated rings. The van der Waals surface area contributed by atoms with Crippen LogP contribution in [0.1, 0.15) is 5.69 Å². The molecule has 134 valence electrons. The normalized spacial score (nSPS) is 16.0. The molecule has 1 N–H and O–H groups in total. The number of hydrogen-bond acceptors (Lipinski definition) is 6. The zero-order valence-corrected chi connectivity index (χ0v) is 14.9. The number of sulfonamides is 1. The van der Waals surface area contributed by atoms with Crippen LogP contribution in [-0.2, 0) is 10.0 Å². The van der Waals surface area contributed by atoms with E-state index in [1.165, 1.54) is 16.4 Å². The minimum absolute atomic E-state index is 0.109. The predicted molar refractivity (Wildman–Crippen MR) is 93.7 cm³/mol. The van der Waals surface area contributed by atoms with E-state index in [1.807, 2.05) is 17.9 Å². The zero-order chi connectivity index (χ0) is 18.0. The first-order valence-electron chi connectivity index (χ1n) is 7.94. The van der Waals surface area contributed by atoms with Gasteiger partial charge in [0.1, 0.15) is 11.6 Å². The first kappa shape index (κ1) is 17.6. The molecule has 1 aromatic heterocycles. The van der Waals surface area contributed by atoms with Gasteiger partial charge in [-0.15, -0.1) is 0 Å². The highest BCUT2D eigenvalue weighted by Gasteiger charge is 2.29. The van der Waals surface area contributed by atoms with Gasteiger partial charge in [0.2, 0.25) is 16.0 Å². The summed E-state index contributed by atoms with van der Waals surface area (Å²) in [6, 6.07) is 6.79. The average Bonchev–Trinajstić information content (AvgIpc) is 2.61. The maximum atomic E-state index is 13.0. The van der Waals surface area contributed by atoms with Crippen LogP contribution < -0.4 is 10.2 Å². The summed E-state index contributed by atoms with van der Waals surface area (Å²) in [4.78, 5) is 10.8. The Kier molecular flexibility index (Phi) is 4.87. The van der Waals surface area contributed by atoms with E-state index in [0.717, 1.165) is 23.6 Å². The van der Waals surface area contributed by atoms with E-state index in [2.05, 4.69) is 15.3 Å². The molecule has 0 spiro atoms. The van der Waals surface area contributed by atoms with Crippen molar-refractivity contribution < 1.29 is 12.8 Å². The molecule has 1 aromatic carbocycles. The monoisotopic (exact) mass is 365 g/mol. The van der Waals surface area contributed by atoms with Gasteiger partial charge in [0, 0.05) is 45.0 Å². The Morgan fingerprint density at radius 2 is 1.72 bits per heavy atom. The molecule has 0 radical (unpaired) electrons. The van der Waals surface area contributed by atoms with Gasteiger partial charge in [0.15, 0.2) is 0 Å². The molecule has 1 aliphatic heterocycles. The molecule has 7 nitrogen and oxygen atoms in total. The second-order valence-corrected chi connectivity index (χ2v) is 7.72. The zero-order valence-electron chi connectivity index (χ0n) is 14.1. The third kappa shape index (κ3) is 3.72. The van der Waals surface area contributed by atoms with E-state index < -0.39 is 15.8 Å². The third-order valence-electron chi connectivity index (χ3n) is 4.08. The molecule has 3 rings (SSSR count). The van der Waals surface area contributed by atoms with Gasteiger partial charge >= 0.3 is 0 Å². The number of nitrogens with zero attached hydrogens (tertiary/aromatic N) is 4. The van der Waals surface area contributed by atoms with Crippen molar-refractivity contribution in [2.75, 3.05) is 43.4 Å². The van der Waals surface area contributed by atoms with Crippen LogP contribution in [0.15, 0.2) is 35.2 Å². The van der Waals surface area contributed by atoms with E-state index in [-0.39, 0.29) is 4.90 Å². The molecule has 9 heteroatoms. The number of piperazine rings is 1. The van der Waals surface area contributed by atoms with Crippen LogP contribution in [0.2, 0.25) is 0 Å². The van der Waals surface area contributed by atoms with E-state index in [1.54, 1.807) is 7.05 Å². The standard InChI is InChI=1S/C16H20FN5O2S/c1-12-11-15(20-16(18-2)19-12)21-7-9-22(10-8-21)25(23,24)14-5-3-13(17)4-6-14/h3-6,11H,7-10H2,1-2H3,(H,18,19,20). The Hall–Kier alpha value is -2.26. The van der Waals surface area contributed by atoms with Gasteiger partial charge < -0.3 is 10.2 Å².